The number of carbonyl (C=O) groups excluding carboxylic acids is 2. The molecular formula is C49H89O8P. The molecule has 58 heavy (non-hydrogen) atoms. The van der Waals surface area contributed by atoms with Gasteiger partial charge in [0, 0.05) is 12.8 Å². The van der Waals surface area contributed by atoms with Crippen LogP contribution in [0.1, 0.15) is 232 Å². The Labute approximate surface area is 356 Å². The maximum absolute atomic E-state index is 12.5. The van der Waals surface area contributed by atoms with Crippen LogP contribution in [-0.2, 0) is 28.2 Å². The summed E-state index contributed by atoms with van der Waals surface area (Å²) in [6, 6.07) is 0. The van der Waals surface area contributed by atoms with Crippen molar-refractivity contribution in [3.8, 4) is 0 Å². The first-order valence-corrected chi connectivity index (χ1v) is 25.5. The molecule has 0 fully saturated rings. The van der Waals surface area contributed by atoms with E-state index in [0.717, 1.165) is 44.9 Å². The van der Waals surface area contributed by atoms with E-state index < -0.39 is 32.5 Å². The summed E-state index contributed by atoms with van der Waals surface area (Å²) in [6.07, 6.45) is 55.7. The van der Waals surface area contributed by atoms with E-state index in [1.807, 2.05) is 6.08 Å². The van der Waals surface area contributed by atoms with E-state index in [2.05, 4.69) is 60.9 Å². The zero-order valence-corrected chi connectivity index (χ0v) is 38.3. The topological polar surface area (TPSA) is 119 Å². The van der Waals surface area contributed by atoms with Gasteiger partial charge < -0.3 is 19.3 Å². The van der Waals surface area contributed by atoms with Crippen molar-refractivity contribution in [1.82, 2.24) is 0 Å². The second-order valence-corrected chi connectivity index (χ2v) is 17.3. The van der Waals surface area contributed by atoms with Gasteiger partial charge in [-0.05, 0) is 51.4 Å². The molecule has 0 rings (SSSR count). The van der Waals surface area contributed by atoms with Crippen LogP contribution >= 0.6 is 7.82 Å². The Morgan fingerprint density at radius 2 is 0.793 bits per heavy atom. The highest BCUT2D eigenvalue weighted by Gasteiger charge is 2.22. The standard InChI is InChI=1S/C49H89O8P/c1-3-5-7-9-11-13-15-17-19-21-22-23-24-25-26-28-30-32-34-36-38-40-42-44-49(51)57-47(46-56-58(52,53)54)45-55-48(50)43-41-39-37-35-33-31-29-27-20-18-16-14-12-10-8-6-4-2/h12,14,18,20,29,31,35,37,47H,3-11,13,15-17,19,21-28,30,32-34,36,38-46H2,1-2H3,(H2,52,53,54)/b14-12+,20-18+,31-29+,37-35+/t47-/m1/s1. The lowest BCUT2D eigenvalue weighted by molar-refractivity contribution is -0.161. The molecule has 0 unspecified atom stereocenters. The first kappa shape index (κ1) is 56.0. The Balaban J connectivity index is 3.88. The van der Waals surface area contributed by atoms with Crippen LogP contribution in [0, 0.1) is 0 Å². The quantitative estimate of drug-likeness (QED) is 0.0269. The molecule has 0 spiro atoms. The van der Waals surface area contributed by atoms with Crippen molar-refractivity contribution in [3.05, 3.63) is 48.6 Å². The van der Waals surface area contributed by atoms with Crippen LogP contribution < -0.4 is 0 Å². The first-order valence-electron chi connectivity index (χ1n) is 23.9. The van der Waals surface area contributed by atoms with Crippen molar-refractivity contribution in [2.45, 2.75) is 238 Å². The average Bonchev–Trinajstić information content (AvgIpc) is 3.20. The molecule has 1 atom stereocenters. The number of phosphoric acid groups is 1. The third-order valence-corrected chi connectivity index (χ3v) is 10.8. The fourth-order valence-corrected chi connectivity index (χ4v) is 7.14. The van der Waals surface area contributed by atoms with E-state index in [1.54, 1.807) is 0 Å². The molecule has 0 saturated heterocycles. The molecule has 0 aromatic carbocycles. The highest BCUT2D eigenvalue weighted by atomic mass is 31.2. The molecule has 0 saturated carbocycles. The maximum atomic E-state index is 12.5. The van der Waals surface area contributed by atoms with Gasteiger partial charge in [0.05, 0.1) is 6.61 Å². The van der Waals surface area contributed by atoms with Gasteiger partial charge in [-0.15, -0.1) is 0 Å². The fraction of sp³-hybridized carbons (Fsp3) is 0.796. The summed E-state index contributed by atoms with van der Waals surface area (Å²) in [4.78, 5) is 43.0. The largest absolute Gasteiger partial charge is 0.469 e. The number of hydrogen-bond donors (Lipinski definition) is 2. The summed E-state index contributed by atoms with van der Waals surface area (Å²) in [5.41, 5.74) is 0. The number of rotatable bonds is 44. The number of hydrogen-bond acceptors (Lipinski definition) is 6. The normalized spacial score (nSPS) is 12.8. The highest BCUT2D eigenvalue weighted by Crippen LogP contribution is 2.36. The molecule has 338 valence electrons. The van der Waals surface area contributed by atoms with Gasteiger partial charge in [0.1, 0.15) is 6.61 Å². The van der Waals surface area contributed by atoms with E-state index in [-0.39, 0.29) is 19.4 Å². The van der Waals surface area contributed by atoms with Gasteiger partial charge in [-0.3, -0.25) is 14.1 Å². The number of ether oxygens (including phenoxy) is 2. The Kier molecular flexibility index (Phi) is 43.0. The Morgan fingerprint density at radius 3 is 1.21 bits per heavy atom. The minimum Gasteiger partial charge on any atom is -0.462 e. The molecular weight excluding hydrogens is 748 g/mol. The van der Waals surface area contributed by atoms with Gasteiger partial charge in [0.15, 0.2) is 6.10 Å². The smallest absolute Gasteiger partial charge is 0.462 e. The number of allylic oxidation sites excluding steroid dienone is 8. The van der Waals surface area contributed by atoms with Gasteiger partial charge in [-0.2, -0.15) is 0 Å². The van der Waals surface area contributed by atoms with Crippen molar-refractivity contribution in [2.75, 3.05) is 13.2 Å². The average molecular weight is 837 g/mol. The van der Waals surface area contributed by atoms with Crippen molar-refractivity contribution >= 4 is 19.8 Å². The van der Waals surface area contributed by atoms with Crippen molar-refractivity contribution < 1.29 is 37.9 Å². The summed E-state index contributed by atoms with van der Waals surface area (Å²) >= 11 is 0. The van der Waals surface area contributed by atoms with Gasteiger partial charge in [-0.1, -0.05) is 217 Å². The molecule has 8 nitrogen and oxygen atoms in total. The second-order valence-electron chi connectivity index (χ2n) is 16.1. The SMILES string of the molecule is CCCCC/C=C/C/C=C/C/C=C/C/C=C/CCCC(=O)OC[C@H](COP(=O)(O)O)OC(=O)CCCCCCCCCCCCCCCCCCCCCCCCC. The summed E-state index contributed by atoms with van der Waals surface area (Å²) in [5.74, 6) is -0.942. The zero-order chi connectivity index (χ0) is 42.5. The third kappa shape index (κ3) is 46.7. The van der Waals surface area contributed by atoms with Crippen molar-refractivity contribution in [3.63, 3.8) is 0 Å². The molecule has 0 aliphatic carbocycles. The van der Waals surface area contributed by atoms with Crippen LogP contribution in [0.4, 0.5) is 0 Å². The first-order chi connectivity index (χ1) is 28.3. The number of esters is 2. The van der Waals surface area contributed by atoms with Crippen molar-refractivity contribution in [1.29, 1.82) is 0 Å². The third-order valence-electron chi connectivity index (χ3n) is 10.4. The molecule has 0 aliphatic rings. The minimum atomic E-state index is -4.77. The molecule has 9 heteroatoms. The molecule has 0 aliphatic heterocycles. The van der Waals surface area contributed by atoms with Crippen LogP contribution in [0.3, 0.4) is 0 Å². The second kappa shape index (κ2) is 44.6. The number of phosphoric ester groups is 1. The Bertz CT molecular complexity index is 1080. The summed E-state index contributed by atoms with van der Waals surface area (Å²) in [5, 5.41) is 0. The highest BCUT2D eigenvalue weighted by molar-refractivity contribution is 7.46. The molecule has 0 aromatic heterocycles. The minimum absolute atomic E-state index is 0.192. The van der Waals surface area contributed by atoms with Crippen LogP contribution in [-0.4, -0.2) is 41.0 Å². The fourth-order valence-electron chi connectivity index (χ4n) is 6.78. The molecule has 0 amide bonds. The molecule has 0 bridgehead atoms. The Hall–Kier alpha value is -1.99. The summed E-state index contributed by atoms with van der Waals surface area (Å²) < 4.78 is 26.4. The van der Waals surface area contributed by atoms with E-state index >= 15 is 0 Å². The number of carbonyl (C=O) groups is 2. The van der Waals surface area contributed by atoms with Crippen LogP contribution in [0.5, 0.6) is 0 Å². The van der Waals surface area contributed by atoms with Gasteiger partial charge >= 0.3 is 19.8 Å². The van der Waals surface area contributed by atoms with E-state index in [1.165, 1.54) is 148 Å². The van der Waals surface area contributed by atoms with Crippen molar-refractivity contribution in [2.24, 2.45) is 0 Å². The molecule has 2 N–H and O–H groups in total. The van der Waals surface area contributed by atoms with Gasteiger partial charge in [0.25, 0.3) is 0 Å². The molecule has 0 aromatic rings. The Morgan fingerprint density at radius 1 is 0.448 bits per heavy atom. The zero-order valence-electron chi connectivity index (χ0n) is 37.4. The van der Waals surface area contributed by atoms with Crippen LogP contribution in [0.2, 0.25) is 0 Å². The predicted molar refractivity (Wildman–Crippen MR) is 244 cm³/mol. The van der Waals surface area contributed by atoms with Gasteiger partial charge in [0.2, 0.25) is 0 Å². The lowest BCUT2D eigenvalue weighted by Gasteiger charge is -2.18. The predicted octanol–water partition coefficient (Wildman–Crippen LogP) is 15.1. The number of unbranched alkanes of at least 4 members (excludes halogenated alkanes) is 26. The lowest BCUT2D eigenvalue weighted by atomic mass is 10.0. The maximum Gasteiger partial charge on any atom is 0.469 e. The van der Waals surface area contributed by atoms with E-state index in [4.69, 9.17) is 19.3 Å². The summed E-state index contributed by atoms with van der Waals surface area (Å²) in [6.45, 7) is 3.64. The molecule has 0 radical (unpaired) electrons. The van der Waals surface area contributed by atoms with E-state index in [9.17, 15) is 14.2 Å². The molecule has 0 heterocycles. The van der Waals surface area contributed by atoms with Crippen LogP contribution in [0.25, 0.3) is 0 Å². The van der Waals surface area contributed by atoms with Crippen LogP contribution in [0.15, 0.2) is 48.6 Å². The van der Waals surface area contributed by atoms with E-state index in [0.29, 0.717) is 12.8 Å². The van der Waals surface area contributed by atoms with Gasteiger partial charge in [-0.25, -0.2) is 4.57 Å². The monoisotopic (exact) mass is 837 g/mol. The lowest BCUT2D eigenvalue weighted by Crippen LogP contribution is -2.29. The summed E-state index contributed by atoms with van der Waals surface area (Å²) in [7, 11) is -4.77.